The molecule has 0 bridgehead atoms. The minimum atomic E-state index is 0.313. The second-order valence-electron chi connectivity index (χ2n) is 4.66. The summed E-state index contributed by atoms with van der Waals surface area (Å²) < 4.78 is 0. The second kappa shape index (κ2) is 4.37. The maximum absolute atomic E-state index is 8.56. The topological polar surface area (TPSA) is 65.1 Å². The van der Waals surface area contributed by atoms with Crippen molar-refractivity contribution < 1.29 is 5.21 Å². The number of nitrogens with two attached hydrogens (primary N) is 1. The van der Waals surface area contributed by atoms with E-state index in [1.165, 1.54) is 19.4 Å². The molecule has 0 aromatic heterocycles. The predicted molar refractivity (Wildman–Crippen MR) is 59.0 cm³/mol. The van der Waals surface area contributed by atoms with Gasteiger partial charge in [0.2, 0.25) is 0 Å². The van der Waals surface area contributed by atoms with Crippen LogP contribution in [-0.2, 0) is 0 Å². The highest BCUT2D eigenvalue weighted by Crippen LogP contribution is 2.24. The fraction of sp³-hybridized carbons (Fsp3) is 0.900. The van der Waals surface area contributed by atoms with Crippen LogP contribution < -0.4 is 5.73 Å². The van der Waals surface area contributed by atoms with Gasteiger partial charge in [0, 0.05) is 25.2 Å². The summed E-state index contributed by atoms with van der Waals surface area (Å²) in [6.45, 7) is 6.20. The Bertz CT molecular complexity index is 256. The van der Waals surface area contributed by atoms with E-state index in [9.17, 15) is 0 Å². The van der Waals surface area contributed by atoms with Crippen LogP contribution in [0.15, 0.2) is 5.16 Å². The van der Waals surface area contributed by atoms with Gasteiger partial charge in [0.15, 0.2) is 5.84 Å². The van der Waals surface area contributed by atoms with Crippen LogP contribution in [0.25, 0.3) is 0 Å². The zero-order chi connectivity index (χ0) is 10.8. The first-order chi connectivity index (χ1) is 7.20. The van der Waals surface area contributed by atoms with E-state index in [1.807, 2.05) is 0 Å². The molecule has 2 fully saturated rings. The standard InChI is InChI=1S/C10H20N4O/c1-8-5-13-4-2-3-9(13)6-14(8)7-10(11)12-15/h8-9,15H,2-7H2,1H3,(H2,11,12). The van der Waals surface area contributed by atoms with Gasteiger partial charge in [-0.3, -0.25) is 9.80 Å². The van der Waals surface area contributed by atoms with E-state index in [-0.39, 0.29) is 0 Å². The minimum Gasteiger partial charge on any atom is -0.409 e. The smallest absolute Gasteiger partial charge is 0.153 e. The fourth-order valence-corrected chi connectivity index (χ4v) is 2.71. The normalized spacial score (nSPS) is 34.3. The molecule has 0 radical (unpaired) electrons. The molecule has 15 heavy (non-hydrogen) atoms. The van der Waals surface area contributed by atoms with Crippen molar-refractivity contribution in [1.29, 1.82) is 0 Å². The van der Waals surface area contributed by atoms with Gasteiger partial charge in [-0.05, 0) is 26.3 Å². The van der Waals surface area contributed by atoms with Gasteiger partial charge in [0.05, 0.1) is 6.54 Å². The summed E-state index contributed by atoms with van der Waals surface area (Å²) in [5.74, 6) is 0.313. The van der Waals surface area contributed by atoms with Crippen LogP contribution in [0.3, 0.4) is 0 Å². The molecule has 2 aliphatic heterocycles. The first kappa shape index (κ1) is 10.7. The highest BCUT2D eigenvalue weighted by atomic mass is 16.4. The van der Waals surface area contributed by atoms with Gasteiger partial charge in [-0.15, -0.1) is 0 Å². The van der Waals surface area contributed by atoms with Crippen LogP contribution in [0, 0.1) is 0 Å². The minimum absolute atomic E-state index is 0.313. The van der Waals surface area contributed by atoms with Crippen LogP contribution >= 0.6 is 0 Å². The van der Waals surface area contributed by atoms with Crippen LogP contribution in [-0.4, -0.2) is 59.1 Å². The quantitative estimate of drug-likeness (QED) is 0.290. The highest BCUT2D eigenvalue weighted by molar-refractivity contribution is 5.81. The van der Waals surface area contributed by atoms with Crippen LogP contribution in [0.5, 0.6) is 0 Å². The third kappa shape index (κ3) is 2.23. The first-order valence-corrected chi connectivity index (χ1v) is 5.65. The van der Waals surface area contributed by atoms with Crippen LogP contribution in [0.4, 0.5) is 0 Å². The van der Waals surface area contributed by atoms with Gasteiger partial charge in [-0.2, -0.15) is 0 Å². The summed E-state index contributed by atoms with van der Waals surface area (Å²) in [6.07, 6.45) is 2.61. The van der Waals surface area contributed by atoms with Crippen molar-refractivity contribution >= 4 is 5.84 Å². The lowest BCUT2D eigenvalue weighted by atomic mass is 10.1. The maximum atomic E-state index is 8.56. The largest absolute Gasteiger partial charge is 0.409 e. The molecule has 2 aliphatic rings. The first-order valence-electron chi connectivity index (χ1n) is 5.65. The van der Waals surface area contributed by atoms with E-state index in [4.69, 9.17) is 10.9 Å². The van der Waals surface area contributed by atoms with Crippen molar-refractivity contribution in [3.05, 3.63) is 0 Å². The van der Waals surface area contributed by atoms with E-state index in [1.54, 1.807) is 0 Å². The van der Waals surface area contributed by atoms with E-state index >= 15 is 0 Å². The Morgan fingerprint density at radius 1 is 1.53 bits per heavy atom. The molecule has 3 N–H and O–H groups in total. The van der Waals surface area contributed by atoms with Crippen molar-refractivity contribution in [2.24, 2.45) is 10.9 Å². The zero-order valence-corrected chi connectivity index (χ0v) is 9.26. The second-order valence-corrected chi connectivity index (χ2v) is 4.66. The number of nitrogens with zero attached hydrogens (tertiary/aromatic N) is 3. The number of oxime groups is 1. The Balaban J connectivity index is 1.95. The monoisotopic (exact) mass is 212 g/mol. The van der Waals surface area contributed by atoms with Gasteiger partial charge in [0.1, 0.15) is 0 Å². The average Bonchev–Trinajstić information content (AvgIpc) is 2.65. The lowest BCUT2D eigenvalue weighted by Crippen LogP contribution is -2.56. The van der Waals surface area contributed by atoms with Crippen molar-refractivity contribution in [3.63, 3.8) is 0 Å². The molecule has 2 saturated heterocycles. The van der Waals surface area contributed by atoms with Gasteiger partial charge in [0.25, 0.3) is 0 Å². The number of hydrogen-bond acceptors (Lipinski definition) is 4. The molecule has 5 nitrogen and oxygen atoms in total. The molecule has 0 spiro atoms. The average molecular weight is 212 g/mol. The molecule has 2 heterocycles. The molecule has 2 rings (SSSR count). The van der Waals surface area contributed by atoms with Crippen LogP contribution in [0.1, 0.15) is 19.8 Å². The molecule has 0 amide bonds. The van der Waals surface area contributed by atoms with Crippen molar-refractivity contribution in [2.75, 3.05) is 26.2 Å². The number of hydrogen-bond donors (Lipinski definition) is 2. The Kier molecular flexibility index (Phi) is 3.11. The fourth-order valence-electron chi connectivity index (χ4n) is 2.71. The van der Waals surface area contributed by atoms with E-state index in [0.717, 1.165) is 13.1 Å². The van der Waals surface area contributed by atoms with Gasteiger partial charge < -0.3 is 10.9 Å². The molecule has 0 aromatic rings. The maximum Gasteiger partial charge on any atom is 0.153 e. The molecule has 2 unspecified atom stereocenters. The molecular formula is C10H20N4O. The summed E-state index contributed by atoms with van der Waals surface area (Å²) >= 11 is 0. The molecule has 0 aromatic carbocycles. The molecule has 0 aliphatic carbocycles. The predicted octanol–water partition coefficient (Wildman–Crippen LogP) is -0.0987. The van der Waals surface area contributed by atoms with Gasteiger partial charge in [-0.1, -0.05) is 5.16 Å². The van der Waals surface area contributed by atoms with Crippen LogP contribution in [0.2, 0.25) is 0 Å². The van der Waals surface area contributed by atoms with Gasteiger partial charge in [-0.25, -0.2) is 0 Å². The summed E-state index contributed by atoms with van der Waals surface area (Å²) in [6, 6.07) is 1.19. The Hall–Kier alpha value is -0.810. The molecule has 86 valence electrons. The van der Waals surface area contributed by atoms with Crippen molar-refractivity contribution in [1.82, 2.24) is 9.80 Å². The number of rotatable bonds is 2. The Labute approximate surface area is 90.5 Å². The lowest BCUT2D eigenvalue weighted by Gasteiger charge is -2.42. The summed E-state index contributed by atoms with van der Waals surface area (Å²) in [4.78, 5) is 4.87. The zero-order valence-electron chi connectivity index (χ0n) is 9.26. The number of fused-ring (bicyclic) bond motifs is 1. The summed E-state index contributed by atoms with van der Waals surface area (Å²) in [5, 5.41) is 11.6. The molecule has 0 saturated carbocycles. The Morgan fingerprint density at radius 2 is 2.33 bits per heavy atom. The highest BCUT2D eigenvalue weighted by Gasteiger charge is 2.34. The lowest BCUT2D eigenvalue weighted by molar-refractivity contribution is 0.0707. The third-order valence-electron chi connectivity index (χ3n) is 3.56. The molecule has 5 heteroatoms. The van der Waals surface area contributed by atoms with E-state index in [2.05, 4.69) is 21.9 Å². The SMILES string of the molecule is CC1CN2CCCC2CN1CC(N)=NO. The molecule has 2 atom stereocenters. The van der Waals surface area contributed by atoms with Gasteiger partial charge >= 0.3 is 0 Å². The Morgan fingerprint density at radius 3 is 3.07 bits per heavy atom. The van der Waals surface area contributed by atoms with E-state index < -0.39 is 0 Å². The number of piperazine rings is 1. The summed E-state index contributed by atoms with van der Waals surface area (Å²) in [5.41, 5.74) is 5.55. The van der Waals surface area contributed by atoms with Crippen molar-refractivity contribution in [3.8, 4) is 0 Å². The van der Waals surface area contributed by atoms with E-state index in [0.29, 0.717) is 24.5 Å². The number of amidine groups is 1. The third-order valence-corrected chi connectivity index (χ3v) is 3.56. The van der Waals surface area contributed by atoms with Crippen molar-refractivity contribution in [2.45, 2.75) is 31.8 Å². The molecular weight excluding hydrogens is 192 g/mol. The summed E-state index contributed by atoms with van der Waals surface area (Å²) in [7, 11) is 0.